The predicted molar refractivity (Wildman–Crippen MR) is 99.0 cm³/mol. The third-order valence-corrected chi connectivity index (χ3v) is 6.60. The Hall–Kier alpha value is -2.22. The smallest absolute Gasteiger partial charge is 0.251 e. The number of oxazole rings is 1. The van der Waals surface area contributed by atoms with Gasteiger partial charge in [-0.05, 0) is 17.7 Å². The van der Waals surface area contributed by atoms with Crippen molar-refractivity contribution >= 4 is 21.1 Å². The standard InChI is InChI=1S/C19H21N3O3S/c23-26(24,15-16-6-2-1-3-7-16)22-12-10-21(11-13-22)14-19-20-17-8-4-5-9-18(17)25-19/h1-9H,10-15H2/p+1. The van der Waals surface area contributed by atoms with Gasteiger partial charge in [0, 0.05) is 0 Å². The fourth-order valence-electron chi connectivity index (χ4n) is 3.34. The number of rotatable bonds is 5. The van der Waals surface area contributed by atoms with Crippen LogP contribution in [-0.2, 0) is 22.3 Å². The van der Waals surface area contributed by atoms with Crippen molar-refractivity contribution in [3.63, 3.8) is 0 Å². The molecule has 1 fully saturated rings. The second kappa shape index (κ2) is 7.19. The SMILES string of the molecule is O=S(=O)(Cc1ccccc1)N1CC[NH+](Cc2nc3ccccc3o2)CC1. The highest BCUT2D eigenvalue weighted by Crippen LogP contribution is 2.14. The number of nitrogens with zero attached hydrogens (tertiary/aromatic N) is 2. The minimum Gasteiger partial charge on any atom is -0.435 e. The van der Waals surface area contributed by atoms with Crippen LogP contribution in [0.15, 0.2) is 59.0 Å². The quantitative estimate of drug-likeness (QED) is 0.727. The van der Waals surface area contributed by atoms with Gasteiger partial charge >= 0.3 is 0 Å². The van der Waals surface area contributed by atoms with E-state index >= 15 is 0 Å². The van der Waals surface area contributed by atoms with E-state index in [1.165, 1.54) is 4.90 Å². The first-order chi connectivity index (χ1) is 12.6. The van der Waals surface area contributed by atoms with E-state index in [2.05, 4.69) is 4.98 Å². The fraction of sp³-hybridized carbons (Fsp3) is 0.316. The Morgan fingerprint density at radius 2 is 1.69 bits per heavy atom. The average Bonchev–Trinajstić information content (AvgIpc) is 3.05. The number of aromatic nitrogens is 1. The number of hydrogen-bond donors (Lipinski definition) is 1. The zero-order valence-electron chi connectivity index (χ0n) is 14.5. The molecule has 0 unspecified atom stereocenters. The molecular weight excluding hydrogens is 350 g/mol. The summed E-state index contributed by atoms with van der Waals surface area (Å²) in [5, 5.41) is 0. The Labute approximate surface area is 153 Å². The van der Waals surface area contributed by atoms with Crippen LogP contribution in [0.1, 0.15) is 11.5 Å². The van der Waals surface area contributed by atoms with Crippen molar-refractivity contribution in [3.8, 4) is 0 Å². The van der Waals surface area contributed by atoms with Crippen LogP contribution in [0.5, 0.6) is 0 Å². The molecule has 0 amide bonds. The van der Waals surface area contributed by atoms with Crippen LogP contribution in [-0.4, -0.2) is 43.9 Å². The molecule has 0 radical (unpaired) electrons. The van der Waals surface area contributed by atoms with Crippen LogP contribution in [0.2, 0.25) is 0 Å². The summed E-state index contributed by atoms with van der Waals surface area (Å²) in [4.78, 5) is 5.81. The number of sulfonamides is 1. The molecule has 1 aliphatic heterocycles. The number of hydrogen-bond acceptors (Lipinski definition) is 4. The summed E-state index contributed by atoms with van der Waals surface area (Å²) < 4.78 is 32.6. The van der Waals surface area contributed by atoms with E-state index in [0.717, 1.165) is 29.8 Å². The number of quaternary nitrogens is 1. The van der Waals surface area contributed by atoms with Crippen molar-refractivity contribution in [2.24, 2.45) is 0 Å². The van der Waals surface area contributed by atoms with Crippen molar-refractivity contribution in [2.75, 3.05) is 26.2 Å². The van der Waals surface area contributed by atoms with Gasteiger partial charge in [0.25, 0.3) is 5.89 Å². The molecule has 0 saturated carbocycles. The van der Waals surface area contributed by atoms with Crippen LogP contribution in [0, 0.1) is 0 Å². The van der Waals surface area contributed by atoms with Crippen molar-refractivity contribution in [2.45, 2.75) is 12.3 Å². The first kappa shape index (κ1) is 17.2. The molecule has 2 heterocycles. The number of fused-ring (bicyclic) bond motifs is 1. The van der Waals surface area contributed by atoms with Crippen LogP contribution < -0.4 is 4.90 Å². The molecule has 0 bridgehead atoms. The molecule has 136 valence electrons. The maximum atomic E-state index is 12.6. The highest BCUT2D eigenvalue weighted by molar-refractivity contribution is 7.88. The fourth-order valence-corrected chi connectivity index (χ4v) is 4.88. The van der Waals surface area contributed by atoms with E-state index in [9.17, 15) is 8.42 Å². The van der Waals surface area contributed by atoms with E-state index < -0.39 is 10.0 Å². The maximum absolute atomic E-state index is 12.6. The van der Waals surface area contributed by atoms with Gasteiger partial charge in [0.1, 0.15) is 5.52 Å². The Morgan fingerprint density at radius 3 is 2.42 bits per heavy atom. The highest BCUT2D eigenvalue weighted by atomic mass is 32.2. The summed E-state index contributed by atoms with van der Waals surface area (Å²) in [5.74, 6) is 0.774. The summed E-state index contributed by atoms with van der Waals surface area (Å²) in [7, 11) is -3.27. The van der Waals surface area contributed by atoms with Crippen molar-refractivity contribution in [1.29, 1.82) is 0 Å². The van der Waals surface area contributed by atoms with Gasteiger partial charge in [0.2, 0.25) is 10.0 Å². The summed E-state index contributed by atoms with van der Waals surface area (Å²) in [6.45, 7) is 3.26. The van der Waals surface area contributed by atoms with E-state index in [1.54, 1.807) is 4.31 Å². The molecule has 1 saturated heterocycles. The third-order valence-electron chi connectivity index (χ3n) is 4.75. The summed E-state index contributed by atoms with van der Waals surface area (Å²) in [6, 6.07) is 17.1. The number of nitrogens with one attached hydrogen (secondary N) is 1. The Kier molecular flexibility index (Phi) is 4.76. The minimum absolute atomic E-state index is 0.0638. The molecule has 4 rings (SSSR count). The topological polar surface area (TPSA) is 67.8 Å². The minimum atomic E-state index is -3.27. The van der Waals surface area contributed by atoms with Gasteiger partial charge in [-0.3, -0.25) is 0 Å². The molecule has 0 aliphatic carbocycles. The molecule has 1 aliphatic rings. The lowest BCUT2D eigenvalue weighted by atomic mass is 10.2. The lowest BCUT2D eigenvalue weighted by Crippen LogP contribution is -3.13. The van der Waals surface area contributed by atoms with Gasteiger partial charge in [-0.15, -0.1) is 0 Å². The molecule has 26 heavy (non-hydrogen) atoms. The van der Waals surface area contributed by atoms with E-state index in [1.807, 2.05) is 54.6 Å². The average molecular weight is 372 g/mol. The molecular formula is C19H22N3O3S+. The summed E-state index contributed by atoms with van der Waals surface area (Å²) >= 11 is 0. The molecule has 0 spiro atoms. The lowest BCUT2D eigenvalue weighted by Gasteiger charge is -2.30. The molecule has 6 nitrogen and oxygen atoms in total. The second-order valence-electron chi connectivity index (χ2n) is 6.64. The van der Waals surface area contributed by atoms with E-state index in [0.29, 0.717) is 25.5 Å². The third kappa shape index (κ3) is 3.80. The predicted octanol–water partition coefficient (Wildman–Crippen LogP) is 1.06. The molecule has 3 aromatic rings. The Morgan fingerprint density at radius 1 is 1.00 bits per heavy atom. The first-order valence-corrected chi connectivity index (χ1v) is 10.4. The van der Waals surface area contributed by atoms with Crippen LogP contribution >= 0.6 is 0 Å². The monoisotopic (exact) mass is 372 g/mol. The Bertz CT molecular complexity index is 944. The molecule has 7 heteroatoms. The maximum Gasteiger partial charge on any atom is 0.251 e. The van der Waals surface area contributed by atoms with Gasteiger partial charge in [0.05, 0.1) is 31.9 Å². The van der Waals surface area contributed by atoms with Gasteiger partial charge in [-0.2, -0.15) is 4.31 Å². The first-order valence-electron chi connectivity index (χ1n) is 8.80. The molecule has 1 N–H and O–H groups in total. The summed E-state index contributed by atoms with van der Waals surface area (Å²) in [6.07, 6.45) is 0. The Balaban J connectivity index is 1.36. The zero-order chi connectivity index (χ0) is 18.0. The lowest BCUT2D eigenvalue weighted by molar-refractivity contribution is -0.918. The highest BCUT2D eigenvalue weighted by Gasteiger charge is 2.29. The number of benzene rings is 2. The molecule has 2 aromatic carbocycles. The van der Waals surface area contributed by atoms with Crippen molar-refractivity contribution < 1.29 is 17.7 Å². The number of para-hydroxylation sites is 2. The van der Waals surface area contributed by atoms with Gasteiger partial charge < -0.3 is 9.32 Å². The van der Waals surface area contributed by atoms with Gasteiger partial charge in [-0.1, -0.05) is 42.5 Å². The van der Waals surface area contributed by atoms with Crippen LogP contribution in [0.4, 0.5) is 0 Å². The van der Waals surface area contributed by atoms with Crippen molar-refractivity contribution in [1.82, 2.24) is 9.29 Å². The van der Waals surface area contributed by atoms with Crippen LogP contribution in [0.25, 0.3) is 11.1 Å². The van der Waals surface area contributed by atoms with E-state index in [4.69, 9.17) is 4.42 Å². The molecule has 1 aromatic heterocycles. The van der Waals surface area contributed by atoms with Crippen LogP contribution in [0.3, 0.4) is 0 Å². The molecule has 0 atom stereocenters. The van der Waals surface area contributed by atoms with Gasteiger partial charge in [-0.25, -0.2) is 13.4 Å². The number of piperazine rings is 1. The second-order valence-corrected chi connectivity index (χ2v) is 8.61. The van der Waals surface area contributed by atoms with Gasteiger partial charge in [0.15, 0.2) is 12.1 Å². The zero-order valence-corrected chi connectivity index (χ0v) is 15.3. The normalized spacial score (nSPS) is 16.9. The summed E-state index contributed by atoms with van der Waals surface area (Å²) in [5.41, 5.74) is 2.49. The largest absolute Gasteiger partial charge is 0.435 e. The van der Waals surface area contributed by atoms with E-state index in [-0.39, 0.29) is 5.75 Å². The van der Waals surface area contributed by atoms with Crippen molar-refractivity contribution in [3.05, 3.63) is 66.1 Å².